The van der Waals surface area contributed by atoms with Gasteiger partial charge in [0.25, 0.3) is 0 Å². The van der Waals surface area contributed by atoms with Crippen LogP contribution in [0.2, 0.25) is 0 Å². The van der Waals surface area contributed by atoms with E-state index in [9.17, 15) is 0 Å². The number of methoxy groups -OCH3 is 1. The van der Waals surface area contributed by atoms with Gasteiger partial charge in [0, 0.05) is 0 Å². The molecule has 0 aliphatic carbocycles. The van der Waals surface area contributed by atoms with E-state index < -0.39 is 0 Å². The number of rotatable bonds is 4. The minimum Gasteiger partial charge on any atom is -0.496 e. The van der Waals surface area contributed by atoms with Crippen molar-refractivity contribution >= 4 is 0 Å². The lowest BCUT2D eigenvalue weighted by Crippen LogP contribution is -2.31. The summed E-state index contributed by atoms with van der Waals surface area (Å²) in [5.41, 5.74) is 4.21. The number of ether oxygens (including phenoxy) is 1. The van der Waals surface area contributed by atoms with Gasteiger partial charge < -0.3 is 10.1 Å². The maximum absolute atomic E-state index is 5.52. The van der Waals surface area contributed by atoms with Crippen LogP contribution < -0.4 is 10.1 Å². The highest BCUT2D eigenvalue weighted by Crippen LogP contribution is 2.31. The van der Waals surface area contributed by atoms with E-state index >= 15 is 0 Å². The molecule has 0 bridgehead atoms. The molecule has 0 spiro atoms. The predicted molar refractivity (Wildman–Crippen MR) is 81.1 cm³/mol. The van der Waals surface area contributed by atoms with Crippen LogP contribution in [0.5, 0.6) is 5.75 Å². The summed E-state index contributed by atoms with van der Waals surface area (Å²) < 4.78 is 5.52. The lowest BCUT2D eigenvalue weighted by atomic mass is 9.88. The second-order valence-electron chi connectivity index (χ2n) is 6.09. The van der Waals surface area contributed by atoms with E-state index in [-0.39, 0.29) is 0 Å². The largest absolute Gasteiger partial charge is 0.496 e. The van der Waals surface area contributed by atoms with Gasteiger partial charge in [-0.15, -0.1) is 0 Å². The first kappa shape index (κ1) is 14.4. The topological polar surface area (TPSA) is 21.3 Å². The summed E-state index contributed by atoms with van der Waals surface area (Å²) in [6.07, 6.45) is 3.87. The van der Waals surface area contributed by atoms with Crippen molar-refractivity contribution in [1.82, 2.24) is 5.32 Å². The molecule has 2 rings (SSSR count). The highest BCUT2D eigenvalue weighted by atomic mass is 16.5. The molecule has 0 aromatic heterocycles. The summed E-state index contributed by atoms with van der Waals surface area (Å²) in [5.74, 6) is 2.35. The maximum Gasteiger partial charge on any atom is 0.122 e. The molecule has 1 aromatic carbocycles. The smallest absolute Gasteiger partial charge is 0.122 e. The van der Waals surface area contributed by atoms with Gasteiger partial charge in [-0.1, -0.05) is 19.9 Å². The Bertz CT molecular complexity index is 420. The highest BCUT2D eigenvalue weighted by Gasteiger charge is 2.17. The van der Waals surface area contributed by atoms with Crippen LogP contribution in [0.3, 0.4) is 0 Å². The molecule has 1 aliphatic rings. The lowest BCUT2D eigenvalue weighted by Gasteiger charge is -2.24. The molecule has 0 radical (unpaired) electrons. The van der Waals surface area contributed by atoms with E-state index in [0.29, 0.717) is 5.92 Å². The van der Waals surface area contributed by atoms with Crippen molar-refractivity contribution in [3.8, 4) is 5.75 Å². The quantitative estimate of drug-likeness (QED) is 0.893. The lowest BCUT2D eigenvalue weighted by molar-refractivity contribution is 0.374. The van der Waals surface area contributed by atoms with E-state index in [2.05, 4.69) is 38.2 Å². The summed E-state index contributed by atoms with van der Waals surface area (Å²) in [6, 6.07) is 4.58. The monoisotopic (exact) mass is 261 g/mol. The molecule has 0 saturated carbocycles. The van der Waals surface area contributed by atoms with Gasteiger partial charge in [0.2, 0.25) is 0 Å². The molecule has 1 unspecified atom stereocenters. The Morgan fingerprint density at radius 3 is 2.74 bits per heavy atom. The fraction of sp³-hybridized carbons (Fsp3) is 0.647. The van der Waals surface area contributed by atoms with Gasteiger partial charge in [0.1, 0.15) is 5.75 Å². The molecule has 0 amide bonds. The fourth-order valence-electron chi connectivity index (χ4n) is 3.00. The van der Waals surface area contributed by atoms with Crippen molar-refractivity contribution in [2.24, 2.45) is 5.92 Å². The van der Waals surface area contributed by atoms with Crippen molar-refractivity contribution in [3.63, 3.8) is 0 Å². The van der Waals surface area contributed by atoms with Crippen molar-refractivity contribution in [2.45, 2.75) is 46.0 Å². The standard InChI is InChI=1S/C17H27NO/c1-12(2)16-10-15(13(3)8-17(16)19-4)9-14-6-5-7-18-11-14/h8,10,12,14,18H,5-7,9,11H2,1-4H3. The first-order valence-corrected chi connectivity index (χ1v) is 7.50. The summed E-state index contributed by atoms with van der Waals surface area (Å²) in [5, 5.41) is 3.51. The SMILES string of the molecule is COc1cc(C)c(CC2CCCNC2)cc1C(C)C. The number of benzene rings is 1. The third-order valence-electron chi connectivity index (χ3n) is 4.22. The van der Waals surface area contributed by atoms with Gasteiger partial charge in [-0.25, -0.2) is 0 Å². The Labute approximate surface area is 117 Å². The van der Waals surface area contributed by atoms with Crippen LogP contribution in [0, 0.1) is 12.8 Å². The van der Waals surface area contributed by atoms with Crippen LogP contribution in [0.4, 0.5) is 0 Å². The zero-order valence-electron chi connectivity index (χ0n) is 12.8. The number of hydrogen-bond donors (Lipinski definition) is 1. The molecule has 1 fully saturated rings. The Morgan fingerprint density at radius 1 is 1.37 bits per heavy atom. The van der Waals surface area contributed by atoms with E-state index in [1.807, 2.05) is 0 Å². The van der Waals surface area contributed by atoms with E-state index in [4.69, 9.17) is 4.74 Å². The zero-order chi connectivity index (χ0) is 13.8. The summed E-state index contributed by atoms with van der Waals surface area (Å²) >= 11 is 0. The minimum absolute atomic E-state index is 0.513. The number of nitrogens with one attached hydrogen (secondary N) is 1. The van der Waals surface area contributed by atoms with Gasteiger partial charge in [-0.2, -0.15) is 0 Å². The van der Waals surface area contributed by atoms with Gasteiger partial charge in [0.05, 0.1) is 7.11 Å². The molecular formula is C17H27NO. The highest BCUT2D eigenvalue weighted by molar-refractivity contribution is 5.44. The molecule has 1 saturated heterocycles. The average molecular weight is 261 g/mol. The summed E-state index contributed by atoms with van der Waals surface area (Å²) in [4.78, 5) is 0. The maximum atomic E-state index is 5.52. The summed E-state index contributed by atoms with van der Waals surface area (Å²) in [6.45, 7) is 9.04. The molecule has 1 N–H and O–H groups in total. The van der Waals surface area contributed by atoms with Crippen molar-refractivity contribution in [3.05, 3.63) is 28.8 Å². The average Bonchev–Trinajstić information content (AvgIpc) is 2.41. The Kier molecular flexibility index (Phi) is 4.87. The first-order valence-electron chi connectivity index (χ1n) is 7.50. The zero-order valence-corrected chi connectivity index (χ0v) is 12.8. The molecule has 1 aromatic rings. The minimum atomic E-state index is 0.513. The van der Waals surface area contributed by atoms with Crippen LogP contribution in [0.15, 0.2) is 12.1 Å². The Hall–Kier alpha value is -1.02. The van der Waals surface area contributed by atoms with Gasteiger partial charge in [-0.05, 0) is 73.9 Å². The first-order chi connectivity index (χ1) is 9.11. The second-order valence-corrected chi connectivity index (χ2v) is 6.09. The van der Waals surface area contributed by atoms with Crippen molar-refractivity contribution in [1.29, 1.82) is 0 Å². The molecule has 1 heterocycles. The molecule has 19 heavy (non-hydrogen) atoms. The number of hydrogen-bond acceptors (Lipinski definition) is 2. The van der Waals surface area contributed by atoms with Crippen LogP contribution in [0.25, 0.3) is 0 Å². The number of aryl methyl sites for hydroxylation is 1. The van der Waals surface area contributed by atoms with Gasteiger partial charge in [0.15, 0.2) is 0 Å². The van der Waals surface area contributed by atoms with Crippen molar-refractivity contribution in [2.75, 3.05) is 20.2 Å². The molecule has 2 nitrogen and oxygen atoms in total. The molecule has 106 valence electrons. The van der Waals surface area contributed by atoms with E-state index in [1.165, 1.54) is 49.0 Å². The van der Waals surface area contributed by atoms with Gasteiger partial charge in [-0.3, -0.25) is 0 Å². The van der Waals surface area contributed by atoms with Crippen LogP contribution >= 0.6 is 0 Å². The van der Waals surface area contributed by atoms with E-state index in [1.54, 1.807) is 7.11 Å². The Balaban J connectivity index is 2.21. The van der Waals surface area contributed by atoms with Crippen LogP contribution in [-0.4, -0.2) is 20.2 Å². The summed E-state index contributed by atoms with van der Waals surface area (Å²) in [7, 11) is 1.77. The molecule has 1 atom stereocenters. The predicted octanol–water partition coefficient (Wildman–Crippen LogP) is 3.67. The molecule has 2 heteroatoms. The molecular weight excluding hydrogens is 234 g/mol. The third kappa shape index (κ3) is 3.50. The third-order valence-corrected chi connectivity index (χ3v) is 4.22. The number of piperidine rings is 1. The Morgan fingerprint density at radius 2 is 2.16 bits per heavy atom. The van der Waals surface area contributed by atoms with E-state index in [0.717, 1.165) is 11.7 Å². The van der Waals surface area contributed by atoms with Crippen LogP contribution in [0.1, 0.15) is 49.3 Å². The molecule has 1 aliphatic heterocycles. The van der Waals surface area contributed by atoms with Gasteiger partial charge >= 0.3 is 0 Å². The fourth-order valence-corrected chi connectivity index (χ4v) is 3.00. The second kappa shape index (κ2) is 6.42. The normalized spacial score (nSPS) is 19.7. The van der Waals surface area contributed by atoms with Crippen molar-refractivity contribution < 1.29 is 4.74 Å². The van der Waals surface area contributed by atoms with Crippen LogP contribution in [-0.2, 0) is 6.42 Å².